The summed E-state index contributed by atoms with van der Waals surface area (Å²) in [5.74, 6) is 0.0448. The second-order valence-corrected chi connectivity index (χ2v) is 4.57. The number of hydrogen-bond donors (Lipinski definition) is 1. The maximum atomic E-state index is 11.9. The lowest BCUT2D eigenvalue weighted by Gasteiger charge is -2.31. The first-order chi connectivity index (χ1) is 7.11. The predicted octanol–water partition coefficient (Wildman–Crippen LogP) is 2.05. The molecule has 0 saturated carbocycles. The SMILES string of the molecule is CCCCCC(=O)C1(C)CCCNC1=O. The Bertz CT molecular complexity index is 250. The number of hydrogen-bond acceptors (Lipinski definition) is 2. The number of nitrogens with one attached hydrogen (secondary N) is 1. The Morgan fingerprint density at radius 2 is 2.20 bits per heavy atom. The molecule has 3 heteroatoms. The van der Waals surface area contributed by atoms with Crippen molar-refractivity contribution in [3.8, 4) is 0 Å². The van der Waals surface area contributed by atoms with Crippen LogP contribution >= 0.6 is 0 Å². The number of carbonyl (C=O) groups excluding carboxylic acids is 2. The summed E-state index contributed by atoms with van der Waals surface area (Å²) in [7, 11) is 0. The number of carbonyl (C=O) groups is 2. The molecule has 1 rings (SSSR count). The average Bonchev–Trinajstić information content (AvgIpc) is 2.23. The van der Waals surface area contributed by atoms with Crippen LogP contribution in [0.4, 0.5) is 0 Å². The molecule has 0 spiro atoms. The molecule has 1 atom stereocenters. The third-order valence-corrected chi connectivity index (χ3v) is 3.26. The number of unbranched alkanes of at least 4 members (excludes halogenated alkanes) is 2. The summed E-state index contributed by atoms with van der Waals surface area (Å²) in [6, 6.07) is 0. The van der Waals surface area contributed by atoms with Gasteiger partial charge in [-0.1, -0.05) is 19.8 Å². The van der Waals surface area contributed by atoms with Crippen LogP contribution in [0.2, 0.25) is 0 Å². The van der Waals surface area contributed by atoms with E-state index in [2.05, 4.69) is 12.2 Å². The quantitative estimate of drug-likeness (QED) is 0.559. The molecule has 1 aliphatic rings. The van der Waals surface area contributed by atoms with Gasteiger partial charge in [0, 0.05) is 13.0 Å². The molecule has 0 radical (unpaired) electrons. The Balaban J connectivity index is 2.51. The molecule has 3 nitrogen and oxygen atoms in total. The summed E-state index contributed by atoms with van der Waals surface area (Å²) in [6.45, 7) is 4.62. The van der Waals surface area contributed by atoms with Gasteiger partial charge in [-0.2, -0.15) is 0 Å². The molecule has 1 N–H and O–H groups in total. The first-order valence-electron chi connectivity index (χ1n) is 5.93. The van der Waals surface area contributed by atoms with Crippen LogP contribution in [0.25, 0.3) is 0 Å². The van der Waals surface area contributed by atoms with Gasteiger partial charge in [-0.15, -0.1) is 0 Å². The maximum absolute atomic E-state index is 11.9. The molecule has 15 heavy (non-hydrogen) atoms. The fourth-order valence-corrected chi connectivity index (χ4v) is 2.03. The lowest BCUT2D eigenvalue weighted by Crippen LogP contribution is -2.48. The van der Waals surface area contributed by atoms with Crippen LogP contribution in [0.5, 0.6) is 0 Å². The highest BCUT2D eigenvalue weighted by Crippen LogP contribution is 2.29. The first kappa shape index (κ1) is 12.2. The number of Topliss-reactive ketones (excluding diaryl/α,β-unsaturated/α-hetero) is 1. The summed E-state index contributed by atoms with van der Waals surface area (Å²) in [6.07, 6.45) is 5.28. The molecular formula is C12H21NO2. The van der Waals surface area contributed by atoms with Crippen molar-refractivity contribution in [3.05, 3.63) is 0 Å². The van der Waals surface area contributed by atoms with E-state index in [1.54, 1.807) is 6.92 Å². The van der Waals surface area contributed by atoms with E-state index in [1.165, 1.54) is 0 Å². The van der Waals surface area contributed by atoms with Gasteiger partial charge in [0.1, 0.15) is 11.2 Å². The second-order valence-electron chi connectivity index (χ2n) is 4.57. The molecular weight excluding hydrogens is 190 g/mol. The van der Waals surface area contributed by atoms with E-state index in [-0.39, 0.29) is 11.7 Å². The van der Waals surface area contributed by atoms with Gasteiger partial charge in [-0.25, -0.2) is 0 Å². The van der Waals surface area contributed by atoms with Crippen LogP contribution in [-0.2, 0) is 9.59 Å². The monoisotopic (exact) mass is 211 g/mol. The highest BCUT2D eigenvalue weighted by molar-refractivity contribution is 6.05. The minimum atomic E-state index is -0.744. The zero-order chi connectivity index (χ0) is 11.3. The van der Waals surface area contributed by atoms with E-state index < -0.39 is 5.41 Å². The van der Waals surface area contributed by atoms with Crippen LogP contribution in [0.3, 0.4) is 0 Å². The summed E-state index contributed by atoms with van der Waals surface area (Å²) in [5, 5.41) is 2.78. The zero-order valence-electron chi connectivity index (χ0n) is 9.77. The largest absolute Gasteiger partial charge is 0.355 e. The Labute approximate surface area is 91.6 Å². The van der Waals surface area contributed by atoms with Gasteiger partial charge in [-0.3, -0.25) is 9.59 Å². The highest BCUT2D eigenvalue weighted by Gasteiger charge is 2.41. The summed E-state index contributed by atoms with van der Waals surface area (Å²) >= 11 is 0. The van der Waals surface area contributed by atoms with Gasteiger partial charge >= 0.3 is 0 Å². The van der Waals surface area contributed by atoms with E-state index >= 15 is 0 Å². The molecule has 86 valence electrons. The Morgan fingerprint density at radius 1 is 1.47 bits per heavy atom. The van der Waals surface area contributed by atoms with Crippen LogP contribution < -0.4 is 5.32 Å². The van der Waals surface area contributed by atoms with Crippen LogP contribution in [0.1, 0.15) is 52.4 Å². The minimum Gasteiger partial charge on any atom is -0.355 e. The number of ketones is 1. The smallest absolute Gasteiger partial charge is 0.233 e. The minimum absolute atomic E-state index is 0.0738. The van der Waals surface area contributed by atoms with E-state index in [0.29, 0.717) is 12.8 Å². The normalized spacial score (nSPS) is 26.1. The topological polar surface area (TPSA) is 46.2 Å². The Morgan fingerprint density at radius 3 is 2.80 bits per heavy atom. The lowest BCUT2D eigenvalue weighted by molar-refractivity contribution is -0.143. The Kier molecular flexibility index (Phi) is 4.30. The van der Waals surface area contributed by atoms with Gasteiger partial charge in [0.2, 0.25) is 5.91 Å². The molecule has 1 unspecified atom stereocenters. The van der Waals surface area contributed by atoms with Gasteiger partial charge in [0.25, 0.3) is 0 Å². The number of piperidine rings is 1. The Hall–Kier alpha value is -0.860. The second kappa shape index (κ2) is 5.29. The van der Waals surface area contributed by atoms with E-state index in [9.17, 15) is 9.59 Å². The molecule has 0 aromatic heterocycles. The highest BCUT2D eigenvalue weighted by atomic mass is 16.2. The fraction of sp³-hybridized carbons (Fsp3) is 0.833. The van der Waals surface area contributed by atoms with Crippen molar-refractivity contribution in [1.29, 1.82) is 0 Å². The molecule has 0 aromatic rings. The molecule has 1 saturated heterocycles. The fourth-order valence-electron chi connectivity index (χ4n) is 2.03. The van der Waals surface area contributed by atoms with Gasteiger partial charge in [0.15, 0.2) is 0 Å². The third-order valence-electron chi connectivity index (χ3n) is 3.26. The van der Waals surface area contributed by atoms with Crippen molar-refractivity contribution >= 4 is 11.7 Å². The van der Waals surface area contributed by atoms with Gasteiger partial charge in [-0.05, 0) is 26.2 Å². The predicted molar refractivity (Wildman–Crippen MR) is 59.5 cm³/mol. The van der Waals surface area contributed by atoms with Crippen molar-refractivity contribution in [3.63, 3.8) is 0 Å². The maximum Gasteiger partial charge on any atom is 0.233 e. The van der Waals surface area contributed by atoms with Crippen LogP contribution in [0.15, 0.2) is 0 Å². The molecule has 0 aliphatic carbocycles. The molecule has 1 heterocycles. The number of rotatable bonds is 5. The van der Waals surface area contributed by atoms with Crippen molar-refractivity contribution in [1.82, 2.24) is 5.32 Å². The molecule has 0 bridgehead atoms. The van der Waals surface area contributed by atoms with Crippen molar-refractivity contribution in [2.75, 3.05) is 6.54 Å². The molecule has 1 fully saturated rings. The standard InChI is InChI=1S/C12H21NO2/c1-3-4-5-7-10(14)12(2)8-6-9-13-11(12)15/h3-9H2,1-2H3,(H,13,15). The average molecular weight is 211 g/mol. The van der Waals surface area contributed by atoms with Crippen molar-refractivity contribution < 1.29 is 9.59 Å². The summed E-state index contributed by atoms with van der Waals surface area (Å²) < 4.78 is 0. The lowest BCUT2D eigenvalue weighted by atomic mass is 9.76. The molecule has 1 aliphatic heterocycles. The van der Waals surface area contributed by atoms with Crippen LogP contribution in [0, 0.1) is 5.41 Å². The van der Waals surface area contributed by atoms with Crippen molar-refractivity contribution in [2.24, 2.45) is 5.41 Å². The van der Waals surface area contributed by atoms with E-state index in [1.807, 2.05) is 0 Å². The van der Waals surface area contributed by atoms with E-state index in [4.69, 9.17) is 0 Å². The summed E-state index contributed by atoms with van der Waals surface area (Å²) in [5.41, 5.74) is -0.744. The van der Waals surface area contributed by atoms with Gasteiger partial charge < -0.3 is 5.32 Å². The molecule has 1 amide bonds. The van der Waals surface area contributed by atoms with E-state index in [0.717, 1.165) is 32.2 Å². The zero-order valence-corrected chi connectivity index (χ0v) is 9.77. The number of amides is 1. The van der Waals surface area contributed by atoms with Gasteiger partial charge in [0.05, 0.1) is 0 Å². The van der Waals surface area contributed by atoms with Crippen molar-refractivity contribution in [2.45, 2.75) is 52.4 Å². The first-order valence-corrected chi connectivity index (χ1v) is 5.93. The van der Waals surface area contributed by atoms with Crippen LogP contribution in [-0.4, -0.2) is 18.2 Å². The third kappa shape index (κ3) is 2.80. The molecule has 0 aromatic carbocycles. The summed E-state index contributed by atoms with van der Waals surface area (Å²) in [4.78, 5) is 23.6.